The molecule has 0 aliphatic rings. The van der Waals surface area contributed by atoms with Gasteiger partial charge < -0.3 is 9.59 Å². The first-order valence-corrected chi connectivity index (χ1v) is 5.79. The molecule has 0 atom stereocenters. The second-order valence-electron chi connectivity index (χ2n) is 2.79. The SMILES string of the molecule is CS(=O)(=O)Oc1ccccc1C(=O)C=N. The van der Waals surface area contributed by atoms with E-state index in [0.717, 1.165) is 6.26 Å². The van der Waals surface area contributed by atoms with Crippen LogP contribution in [0.4, 0.5) is 0 Å². The molecule has 0 aliphatic carbocycles. The molecule has 15 heavy (non-hydrogen) atoms. The zero-order valence-corrected chi connectivity index (χ0v) is 8.74. The number of hydrogen-bond donors (Lipinski definition) is 1. The van der Waals surface area contributed by atoms with Crippen molar-refractivity contribution >= 4 is 22.1 Å². The molecule has 0 saturated heterocycles. The van der Waals surface area contributed by atoms with Crippen molar-refractivity contribution in [3.63, 3.8) is 0 Å². The van der Waals surface area contributed by atoms with Crippen LogP contribution in [0.5, 0.6) is 5.75 Å². The van der Waals surface area contributed by atoms with Crippen molar-refractivity contribution in [2.75, 3.05) is 6.26 Å². The third-order valence-electron chi connectivity index (χ3n) is 1.52. The predicted molar refractivity (Wildman–Crippen MR) is 55.0 cm³/mol. The Balaban J connectivity index is 3.18. The van der Waals surface area contributed by atoms with E-state index in [1.54, 1.807) is 12.1 Å². The van der Waals surface area contributed by atoms with Gasteiger partial charge in [-0.15, -0.1) is 0 Å². The van der Waals surface area contributed by atoms with Gasteiger partial charge in [-0.05, 0) is 12.1 Å². The largest absolute Gasteiger partial charge is 0.382 e. The summed E-state index contributed by atoms with van der Waals surface area (Å²) in [4.78, 5) is 11.2. The van der Waals surface area contributed by atoms with Crippen molar-refractivity contribution in [2.24, 2.45) is 0 Å². The summed E-state index contributed by atoms with van der Waals surface area (Å²) in [5.74, 6) is -0.664. The fraction of sp³-hybridized carbons (Fsp3) is 0.111. The van der Waals surface area contributed by atoms with Crippen LogP contribution in [0.25, 0.3) is 0 Å². The fourth-order valence-corrected chi connectivity index (χ4v) is 1.46. The molecule has 80 valence electrons. The highest BCUT2D eigenvalue weighted by Crippen LogP contribution is 2.19. The van der Waals surface area contributed by atoms with Crippen LogP contribution in [0.3, 0.4) is 0 Å². The summed E-state index contributed by atoms with van der Waals surface area (Å²) in [6, 6.07) is 5.86. The molecule has 1 aromatic rings. The van der Waals surface area contributed by atoms with Gasteiger partial charge in [-0.3, -0.25) is 4.79 Å². The van der Waals surface area contributed by atoms with Crippen molar-refractivity contribution < 1.29 is 17.4 Å². The van der Waals surface area contributed by atoms with E-state index in [0.29, 0.717) is 6.21 Å². The smallest absolute Gasteiger partial charge is 0.306 e. The molecule has 0 radical (unpaired) electrons. The Morgan fingerprint density at radius 3 is 2.53 bits per heavy atom. The van der Waals surface area contributed by atoms with Crippen LogP contribution >= 0.6 is 0 Å². The highest BCUT2D eigenvalue weighted by molar-refractivity contribution is 7.86. The van der Waals surface area contributed by atoms with Gasteiger partial charge in [-0.2, -0.15) is 8.42 Å². The van der Waals surface area contributed by atoms with Gasteiger partial charge in [0, 0.05) is 0 Å². The average molecular weight is 227 g/mol. The molecule has 1 N–H and O–H groups in total. The van der Waals surface area contributed by atoms with Crippen LogP contribution in [0.2, 0.25) is 0 Å². The summed E-state index contributed by atoms with van der Waals surface area (Å²) in [6.45, 7) is 0. The second-order valence-corrected chi connectivity index (χ2v) is 4.37. The lowest BCUT2D eigenvalue weighted by atomic mass is 10.1. The number of Topliss-reactive ketones (excluding diaryl/α,β-unsaturated/α-hetero) is 1. The van der Waals surface area contributed by atoms with Gasteiger partial charge in [0.2, 0.25) is 5.78 Å². The molecule has 0 bridgehead atoms. The number of carbonyl (C=O) groups excluding carboxylic acids is 1. The summed E-state index contributed by atoms with van der Waals surface area (Å²) in [5, 5.41) is 6.79. The fourth-order valence-electron chi connectivity index (χ4n) is 0.984. The molecule has 0 heterocycles. The predicted octanol–water partition coefficient (Wildman–Crippen LogP) is 0.857. The third kappa shape index (κ3) is 3.17. The maximum Gasteiger partial charge on any atom is 0.306 e. The maximum atomic E-state index is 11.2. The van der Waals surface area contributed by atoms with Gasteiger partial charge >= 0.3 is 10.1 Å². The van der Waals surface area contributed by atoms with Gasteiger partial charge in [0.15, 0.2) is 5.75 Å². The third-order valence-corrected chi connectivity index (χ3v) is 2.01. The van der Waals surface area contributed by atoms with E-state index in [1.165, 1.54) is 12.1 Å². The van der Waals surface area contributed by atoms with Crippen LogP contribution in [-0.4, -0.2) is 26.7 Å². The molecule has 0 saturated carbocycles. The molecule has 0 amide bonds. The van der Waals surface area contributed by atoms with Gasteiger partial charge in [0.25, 0.3) is 0 Å². The van der Waals surface area contributed by atoms with Crippen molar-refractivity contribution in [1.82, 2.24) is 0 Å². The van der Waals surface area contributed by atoms with Crippen LogP contribution in [0, 0.1) is 5.41 Å². The minimum absolute atomic E-state index is 0.0536. The van der Waals surface area contributed by atoms with E-state index in [9.17, 15) is 13.2 Å². The van der Waals surface area contributed by atoms with Crippen molar-refractivity contribution in [1.29, 1.82) is 5.41 Å². The Morgan fingerprint density at radius 1 is 1.40 bits per heavy atom. The van der Waals surface area contributed by atoms with Gasteiger partial charge in [0.05, 0.1) is 18.0 Å². The summed E-state index contributed by atoms with van der Waals surface area (Å²) < 4.78 is 26.4. The lowest BCUT2D eigenvalue weighted by Gasteiger charge is -2.05. The lowest BCUT2D eigenvalue weighted by molar-refractivity contribution is 0.106. The molecule has 0 aromatic heterocycles. The van der Waals surface area contributed by atoms with Crippen molar-refractivity contribution in [3.05, 3.63) is 29.8 Å². The standard InChI is InChI=1S/C9H9NO4S/c1-15(12,13)14-9-5-3-2-4-7(9)8(11)6-10/h2-6,10H,1H3. The van der Waals surface area contributed by atoms with E-state index in [-0.39, 0.29) is 11.3 Å². The van der Waals surface area contributed by atoms with Crippen molar-refractivity contribution in [3.8, 4) is 5.75 Å². The molecule has 0 unspecified atom stereocenters. The minimum atomic E-state index is -3.67. The first-order valence-electron chi connectivity index (χ1n) is 3.97. The minimum Gasteiger partial charge on any atom is -0.382 e. The number of carbonyl (C=O) groups is 1. The Kier molecular flexibility index (Phi) is 3.21. The van der Waals surface area contributed by atoms with Crippen LogP contribution in [0.1, 0.15) is 10.4 Å². The second kappa shape index (κ2) is 4.22. The number of para-hydroxylation sites is 1. The molecule has 1 aromatic carbocycles. The quantitative estimate of drug-likeness (QED) is 0.469. The molecule has 0 spiro atoms. The van der Waals surface area contributed by atoms with E-state index in [2.05, 4.69) is 4.18 Å². The number of rotatable bonds is 4. The highest BCUT2D eigenvalue weighted by Gasteiger charge is 2.13. The van der Waals surface area contributed by atoms with Crippen molar-refractivity contribution in [2.45, 2.75) is 0 Å². The van der Waals surface area contributed by atoms with Crippen LogP contribution in [-0.2, 0) is 10.1 Å². The molecule has 0 fully saturated rings. The number of benzene rings is 1. The number of ketones is 1. The zero-order valence-electron chi connectivity index (χ0n) is 7.93. The highest BCUT2D eigenvalue weighted by atomic mass is 32.2. The van der Waals surface area contributed by atoms with Gasteiger partial charge in [-0.25, -0.2) is 0 Å². The summed E-state index contributed by atoms with van der Waals surface area (Å²) >= 11 is 0. The summed E-state index contributed by atoms with van der Waals surface area (Å²) in [5.41, 5.74) is 0.0536. The van der Waals surface area contributed by atoms with Gasteiger partial charge in [0.1, 0.15) is 0 Å². The molecular weight excluding hydrogens is 218 g/mol. The maximum absolute atomic E-state index is 11.2. The molecular formula is C9H9NO4S. The Hall–Kier alpha value is -1.69. The van der Waals surface area contributed by atoms with E-state index in [4.69, 9.17) is 5.41 Å². The first-order chi connectivity index (χ1) is 6.94. The van der Waals surface area contributed by atoms with Gasteiger partial charge in [-0.1, -0.05) is 12.1 Å². The first kappa shape index (κ1) is 11.4. The summed E-state index contributed by atoms with van der Waals surface area (Å²) in [6.07, 6.45) is 1.49. The van der Waals surface area contributed by atoms with E-state index in [1.807, 2.05) is 0 Å². The summed E-state index contributed by atoms with van der Waals surface area (Å²) in [7, 11) is -3.67. The average Bonchev–Trinajstić information content (AvgIpc) is 2.15. The number of hydrogen-bond acceptors (Lipinski definition) is 5. The Morgan fingerprint density at radius 2 is 2.00 bits per heavy atom. The van der Waals surface area contributed by atoms with E-state index < -0.39 is 15.9 Å². The molecule has 5 nitrogen and oxygen atoms in total. The number of nitrogens with one attached hydrogen (secondary N) is 1. The van der Waals surface area contributed by atoms with Crippen LogP contribution < -0.4 is 4.18 Å². The molecule has 6 heteroatoms. The molecule has 1 rings (SSSR count). The lowest BCUT2D eigenvalue weighted by Crippen LogP contribution is -2.10. The topological polar surface area (TPSA) is 84.3 Å². The van der Waals surface area contributed by atoms with Crippen LogP contribution in [0.15, 0.2) is 24.3 Å². The normalized spacial score (nSPS) is 10.7. The Labute approximate surface area is 87.3 Å². The monoisotopic (exact) mass is 227 g/mol. The zero-order chi connectivity index (χ0) is 11.5. The Bertz CT molecular complexity index is 493. The van der Waals surface area contributed by atoms with E-state index >= 15 is 0 Å². The molecule has 0 aliphatic heterocycles.